The highest BCUT2D eigenvalue weighted by Gasteiger charge is 2.45. The minimum atomic E-state index is -0.603. The molecule has 2 aromatic carbocycles. The lowest BCUT2D eigenvalue weighted by atomic mass is 9.97. The van der Waals surface area contributed by atoms with Crippen LogP contribution >= 0.6 is 11.6 Å². The number of hydrogen-bond acceptors (Lipinski definition) is 4. The predicted molar refractivity (Wildman–Crippen MR) is 114 cm³/mol. The number of halogens is 1. The largest absolute Gasteiger partial charge is 0.338 e. The van der Waals surface area contributed by atoms with E-state index >= 15 is 0 Å². The molecule has 0 radical (unpaired) electrons. The SMILES string of the molecule is CC(=O)Nc1cccc(C(=O)N2CCC3(CC2)NC(=O)N(c2cccc(Cl)c2)N3)c1. The summed E-state index contributed by atoms with van der Waals surface area (Å²) in [7, 11) is 0. The van der Waals surface area contributed by atoms with E-state index in [2.05, 4.69) is 16.1 Å². The number of benzene rings is 2. The number of piperidine rings is 1. The Balaban J connectivity index is 1.42. The number of likely N-dealkylation sites (tertiary alicyclic amines) is 1. The lowest BCUT2D eigenvalue weighted by Crippen LogP contribution is -2.58. The average molecular weight is 428 g/mol. The quantitative estimate of drug-likeness (QED) is 0.702. The van der Waals surface area contributed by atoms with Gasteiger partial charge in [0.25, 0.3) is 5.91 Å². The van der Waals surface area contributed by atoms with Gasteiger partial charge in [0.05, 0.1) is 5.69 Å². The van der Waals surface area contributed by atoms with Crippen LogP contribution in [0.2, 0.25) is 5.02 Å². The number of urea groups is 1. The van der Waals surface area contributed by atoms with Crippen LogP contribution in [0.1, 0.15) is 30.1 Å². The molecule has 3 N–H and O–H groups in total. The maximum atomic E-state index is 12.9. The van der Waals surface area contributed by atoms with Gasteiger partial charge in [0, 0.05) is 49.1 Å². The molecule has 2 heterocycles. The molecule has 2 aromatic rings. The van der Waals surface area contributed by atoms with Crippen LogP contribution in [0.5, 0.6) is 0 Å². The maximum absolute atomic E-state index is 12.9. The van der Waals surface area contributed by atoms with E-state index in [0.29, 0.717) is 47.9 Å². The van der Waals surface area contributed by atoms with Gasteiger partial charge in [-0.25, -0.2) is 15.2 Å². The van der Waals surface area contributed by atoms with Gasteiger partial charge in [-0.05, 0) is 36.4 Å². The van der Waals surface area contributed by atoms with Crippen LogP contribution in [0.25, 0.3) is 0 Å². The van der Waals surface area contributed by atoms with Crippen LogP contribution in [-0.2, 0) is 4.79 Å². The Labute approximate surface area is 179 Å². The smallest absolute Gasteiger partial charge is 0.338 e. The number of nitrogens with zero attached hydrogens (tertiary/aromatic N) is 2. The zero-order valence-corrected chi connectivity index (χ0v) is 17.2. The molecule has 4 amide bonds. The summed E-state index contributed by atoms with van der Waals surface area (Å²) in [5, 5.41) is 7.71. The van der Waals surface area contributed by atoms with Crippen molar-refractivity contribution in [1.82, 2.24) is 15.6 Å². The fourth-order valence-corrected chi connectivity index (χ4v) is 3.98. The summed E-state index contributed by atoms with van der Waals surface area (Å²) in [6.07, 6.45) is 1.12. The van der Waals surface area contributed by atoms with E-state index in [1.807, 2.05) is 0 Å². The minimum absolute atomic E-state index is 0.104. The Hall–Kier alpha value is -3.10. The van der Waals surface area contributed by atoms with E-state index in [1.165, 1.54) is 11.9 Å². The highest BCUT2D eigenvalue weighted by atomic mass is 35.5. The zero-order chi connectivity index (χ0) is 21.3. The molecule has 2 saturated heterocycles. The summed E-state index contributed by atoms with van der Waals surface area (Å²) >= 11 is 6.05. The summed E-state index contributed by atoms with van der Waals surface area (Å²) in [5.41, 5.74) is 4.41. The number of rotatable bonds is 3. The first-order valence-electron chi connectivity index (χ1n) is 9.68. The second kappa shape index (κ2) is 7.97. The van der Waals surface area contributed by atoms with E-state index in [-0.39, 0.29) is 17.8 Å². The highest BCUT2D eigenvalue weighted by molar-refractivity contribution is 6.30. The van der Waals surface area contributed by atoms with E-state index in [9.17, 15) is 14.4 Å². The van der Waals surface area contributed by atoms with Gasteiger partial charge in [0.2, 0.25) is 5.91 Å². The van der Waals surface area contributed by atoms with Gasteiger partial charge in [-0.15, -0.1) is 0 Å². The fourth-order valence-electron chi connectivity index (χ4n) is 3.79. The molecule has 0 aliphatic carbocycles. The molecule has 30 heavy (non-hydrogen) atoms. The summed E-state index contributed by atoms with van der Waals surface area (Å²) in [6.45, 7) is 2.40. The number of anilines is 2. The Morgan fingerprint density at radius 3 is 2.53 bits per heavy atom. The number of hydrazine groups is 1. The Bertz CT molecular complexity index is 1000. The van der Waals surface area contributed by atoms with Crippen LogP contribution in [0, 0.1) is 0 Å². The van der Waals surface area contributed by atoms with E-state index < -0.39 is 5.66 Å². The van der Waals surface area contributed by atoms with Gasteiger partial charge in [-0.1, -0.05) is 23.7 Å². The molecular formula is C21H22ClN5O3. The average Bonchev–Trinajstić information content (AvgIpc) is 3.03. The topological polar surface area (TPSA) is 93.8 Å². The molecule has 1 spiro atoms. The van der Waals surface area contributed by atoms with Crippen molar-refractivity contribution in [3.8, 4) is 0 Å². The molecular weight excluding hydrogens is 406 g/mol. The van der Waals surface area contributed by atoms with Gasteiger partial charge in [0.15, 0.2) is 0 Å². The second-order valence-electron chi connectivity index (χ2n) is 7.49. The van der Waals surface area contributed by atoms with Crippen molar-refractivity contribution in [2.45, 2.75) is 25.4 Å². The Morgan fingerprint density at radius 2 is 1.83 bits per heavy atom. The van der Waals surface area contributed by atoms with Crippen molar-refractivity contribution in [2.75, 3.05) is 23.4 Å². The predicted octanol–water partition coefficient (Wildman–Crippen LogP) is 2.97. The number of hydrogen-bond donors (Lipinski definition) is 3. The van der Waals surface area contributed by atoms with Crippen molar-refractivity contribution in [3.05, 3.63) is 59.1 Å². The molecule has 0 aromatic heterocycles. The summed E-state index contributed by atoms with van der Waals surface area (Å²) < 4.78 is 0. The van der Waals surface area contributed by atoms with E-state index in [0.717, 1.165) is 0 Å². The molecule has 4 rings (SSSR count). The van der Waals surface area contributed by atoms with E-state index in [1.54, 1.807) is 53.4 Å². The van der Waals surface area contributed by atoms with Crippen LogP contribution in [0.3, 0.4) is 0 Å². The molecule has 2 aliphatic heterocycles. The van der Waals surface area contributed by atoms with Gasteiger partial charge < -0.3 is 15.5 Å². The molecule has 0 atom stereocenters. The van der Waals surface area contributed by atoms with Crippen LogP contribution in [0.4, 0.5) is 16.2 Å². The van der Waals surface area contributed by atoms with Crippen molar-refractivity contribution >= 4 is 40.8 Å². The first-order valence-corrected chi connectivity index (χ1v) is 10.1. The zero-order valence-electron chi connectivity index (χ0n) is 16.4. The van der Waals surface area contributed by atoms with Gasteiger partial charge in [0.1, 0.15) is 5.66 Å². The van der Waals surface area contributed by atoms with Crippen molar-refractivity contribution in [1.29, 1.82) is 0 Å². The number of amides is 4. The monoisotopic (exact) mass is 427 g/mol. The first-order chi connectivity index (χ1) is 14.3. The van der Waals surface area contributed by atoms with Crippen molar-refractivity contribution in [2.24, 2.45) is 0 Å². The molecule has 9 heteroatoms. The summed E-state index contributed by atoms with van der Waals surface area (Å²) in [5.74, 6) is -0.292. The minimum Gasteiger partial charge on any atom is -0.338 e. The third-order valence-corrected chi connectivity index (χ3v) is 5.51. The Morgan fingerprint density at radius 1 is 1.10 bits per heavy atom. The highest BCUT2D eigenvalue weighted by Crippen LogP contribution is 2.29. The number of nitrogens with one attached hydrogen (secondary N) is 3. The van der Waals surface area contributed by atoms with E-state index in [4.69, 9.17) is 11.6 Å². The van der Waals surface area contributed by atoms with Crippen molar-refractivity contribution in [3.63, 3.8) is 0 Å². The molecule has 0 saturated carbocycles. The normalized spacial score (nSPS) is 17.7. The second-order valence-corrected chi connectivity index (χ2v) is 7.93. The standard InChI is InChI=1S/C21H22ClN5O3/c1-14(28)23-17-6-2-4-15(12-17)19(29)26-10-8-21(9-11-26)24-20(30)27(25-21)18-7-3-5-16(22)13-18/h2-7,12-13,25H,8-11H2,1H3,(H,23,28)(H,24,30). The van der Waals surface area contributed by atoms with Gasteiger partial charge >= 0.3 is 6.03 Å². The molecule has 2 fully saturated rings. The number of carbonyl (C=O) groups is 3. The molecule has 8 nitrogen and oxygen atoms in total. The fraction of sp³-hybridized carbons (Fsp3) is 0.286. The molecule has 0 bridgehead atoms. The summed E-state index contributed by atoms with van der Waals surface area (Å²) in [6, 6.07) is 13.7. The third kappa shape index (κ3) is 4.10. The van der Waals surface area contributed by atoms with Crippen LogP contribution in [0.15, 0.2) is 48.5 Å². The number of carbonyl (C=O) groups excluding carboxylic acids is 3. The molecule has 156 valence electrons. The van der Waals surface area contributed by atoms with Gasteiger partial charge in [-0.3, -0.25) is 9.59 Å². The maximum Gasteiger partial charge on any atom is 0.338 e. The van der Waals surface area contributed by atoms with Crippen LogP contribution < -0.4 is 21.1 Å². The molecule has 2 aliphatic rings. The lowest BCUT2D eigenvalue weighted by molar-refractivity contribution is -0.114. The molecule has 0 unspecified atom stereocenters. The summed E-state index contributed by atoms with van der Waals surface area (Å²) in [4.78, 5) is 38.4. The lowest BCUT2D eigenvalue weighted by Gasteiger charge is -2.38. The Kier molecular flexibility index (Phi) is 5.36. The van der Waals surface area contributed by atoms with Gasteiger partial charge in [-0.2, -0.15) is 0 Å². The third-order valence-electron chi connectivity index (χ3n) is 5.28. The van der Waals surface area contributed by atoms with Crippen LogP contribution in [-0.4, -0.2) is 41.5 Å². The van der Waals surface area contributed by atoms with Crippen molar-refractivity contribution < 1.29 is 14.4 Å². The first kappa shape index (κ1) is 20.2.